The maximum Gasteiger partial charge on any atom is 0.253 e. The van der Waals surface area contributed by atoms with Crippen LogP contribution in [-0.2, 0) is 0 Å². The van der Waals surface area contributed by atoms with Crippen LogP contribution in [0.5, 0.6) is 0 Å². The van der Waals surface area contributed by atoms with Crippen molar-refractivity contribution in [1.29, 1.82) is 0 Å². The standard InChI is InChI=1S/C14H16N2O/c1-10(12-6-4-3-5-7-12)16-14(17)13-8-9-15-11(13)2/h3-10,15H,1-2H3,(H,16,17). The highest BCUT2D eigenvalue weighted by Gasteiger charge is 2.13. The lowest BCUT2D eigenvalue weighted by atomic mass is 10.1. The molecule has 1 unspecified atom stereocenters. The molecule has 0 radical (unpaired) electrons. The van der Waals surface area contributed by atoms with Crippen molar-refractivity contribution in [2.75, 3.05) is 0 Å². The van der Waals surface area contributed by atoms with Crippen LogP contribution in [0.4, 0.5) is 0 Å². The maximum absolute atomic E-state index is 12.0. The van der Waals surface area contributed by atoms with Crippen molar-refractivity contribution in [3.05, 3.63) is 59.4 Å². The highest BCUT2D eigenvalue weighted by Crippen LogP contribution is 2.13. The number of nitrogens with one attached hydrogen (secondary N) is 2. The van der Waals surface area contributed by atoms with Gasteiger partial charge in [-0.25, -0.2) is 0 Å². The molecule has 0 fully saturated rings. The van der Waals surface area contributed by atoms with E-state index in [0.717, 1.165) is 11.3 Å². The summed E-state index contributed by atoms with van der Waals surface area (Å²) in [6.45, 7) is 3.87. The lowest BCUT2D eigenvalue weighted by Gasteiger charge is -2.14. The predicted octanol–water partition coefficient (Wildman–Crippen LogP) is 2.81. The van der Waals surface area contributed by atoms with Gasteiger partial charge in [-0.2, -0.15) is 0 Å². The zero-order valence-electron chi connectivity index (χ0n) is 10.0. The summed E-state index contributed by atoms with van der Waals surface area (Å²) in [6, 6.07) is 11.7. The Balaban J connectivity index is 2.08. The van der Waals surface area contributed by atoms with Gasteiger partial charge in [0.05, 0.1) is 11.6 Å². The summed E-state index contributed by atoms with van der Waals surface area (Å²) >= 11 is 0. The Morgan fingerprint density at radius 3 is 2.53 bits per heavy atom. The molecule has 2 rings (SSSR count). The predicted molar refractivity (Wildman–Crippen MR) is 67.9 cm³/mol. The molecule has 88 valence electrons. The molecule has 0 spiro atoms. The summed E-state index contributed by atoms with van der Waals surface area (Å²) < 4.78 is 0. The molecule has 2 N–H and O–H groups in total. The van der Waals surface area contributed by atoms with E-state index in [4.69, 9.17) is 0 Å². The fourth-order valence-corrected chi connectivity index (χ4v) is 1.80. The topological polar surface area (TPSA) is 44.9 Å². The summed E-state index contributed by atoms with van der Waals surface area (Å²) in [6.07, 6.45) is 1.78. The number of carbonyl (C=O) groups is 1. The molecule has 3 nitrogen and oxygen atoms in total. The van der Waals surface area contributed by atoms with Crippen molar-refractivity contribution in [3.8, 4) is 0 Å². The molecule has 0 saturated heterocycles. The third kappa shape index (κ3) is 2.56. The summed E-state index contributed by atoms with van der Waals surface area (Å²) in [7, 11) is 0. The first-order valence-corrected chi connectivity index (χ1v) is 5.68. The van der Waals surface area contributed by atoms with Crippen LogP contribution in [0.15, 0.2) is 42.6 Å². The highest BCUT2D eigenvalue weighted by molar-refractivity contribution is 5.95. The Hall–Kier alpha value is -2.03. The fourth-order valence-electron chi connectivity index (χ4n) is 1.80. The number of aromatic nitrogens is 1. The van der Waals surface area contributed by atoms with E-state index in [9.17, 15) is 4.79 Å². The second-order valence-corrected chi connectivity index (χ2v) is 4.12. The number of benzene rings is 1. The molecule has 0 bridgehead atoms. The molecule has 17 heavy (non-hydrogen) atoms. The first kappa shape index (κ1) is 11.5. The third-order valence-corrected chi connectivity index (χ3v) is 2.85. The molecule has 2 aromatic rings. The van der Waals surface area contributed by atoms with E-state index in [0.29, 0.717) is 5.56 Å². The first-order chi connectivity index (χ1) is 8.18. The van der Waals surface area contributed by atoms with E-state index < -0.39 is 0 Å². The van der Waals surface area contributed by atoms with Gasteiger partial charge in [0.2, 0.25) is 0 Å². The first-order valence-electron chi connectivity index (χ1n) is 5.68. The van der Waals surface area contributed by atoms with E-state index in [-0.39, 0.29) is 11.9 Å². The average molecular weight is 228 g/mol. The Bertz CT molecular complexity index is 502. The van der Waals surface area contributed by atoms with E-state index in [1.807, 2.05) is 44.2 Å². The van der Waals surface area contributed by atoms with Gasteiger partial charge in [-0.15, -0.1) is 0 Å². The van der Waals surface area contributed by atoms with Crippen molar-refractivity contribution in [3.63, 3.8) is 0 Å². The Morgan fingerprint density at radius 1 is 1.24 bits per heavy atom. The maximum atomic E-state index is 12.0. The summed E-state index contributed by atoms with van der Waals surface area (Å²) in [5, 5.41) is 2.98. The normalized spacial score (nSPS) is 12.1. The van der Waals surface area contributed by atoms with Gasteiger partial charge >= 0.3 is 0 Å². The Kier molecular flexibility index (Phi) is 3.28. The smallest absolute Gasteiger partial charge is 0.253 e. The van der Waals surface area contributed by atoms with Crippen LogP contribution < -0.4 is 5.32 Å². The van der Waals surface area contributed by atoms with Gasteiger partial charge in [0.15, 0.2) is 0 Å². The minimum absolute atomic E-state index is 0.0120. The molecular formula is C14H16N2O. The molecule has 1 aromatic heterocycles. The van der Waals surface area contributed by atoms with E-state index in [1.165, 1.54) is 0 Å². The minimum Gasteiger partial charge on any atom is -0.365 e. The van der Waals surface area contributed by atoms with Crippen LogP contribution >= 0.6 is 0 Å². The molecule has 1 aromatic carbocycles. The van der Waals surface area contributed by atoms with Crippen molar-refractivity contribution in [1.82, 2.24) is 10.3 Å². The molecule has 3 heteroatoms. The van der Waals surface area contributed by atoms with E-state index in [1.54, 1.807) is 12.3 Å². The largest absolute Gasteiger partial charge is 0.365 e. The molecule has 0 saturated carbocycles. The second kappa shape index (κ2) is 4.87. The van der Waals surface area contributed by atoms with Crippen LogP contribution in [0.25, 0.3) is 0 Å². The van der Waals surface area contributed by atoms with Crippen LogP contribution in [-0.4, -0.2) is 10.9 Å². The van der Waals surface area contributed by atoms with Crippen LogP contribution in [0.3, 0.4) is 0 Å². The van der Waals surface area contributed by atoms with Gasteiger partial charge < -0.3 is 10.3 Å². The lowest BCUT2D eigenvalue weighted by molar-refractivity contribution is 0.0939. The number of aryl methyl sites for hydroxylation is 1. The number of H-pyrrole nitrogens is 1. The van der Waals surface area contributed by atoms with Crippen molar-refractivity contribution < 1.29 is 4.79 Å². The quantitative estimate of drug-likeness (QED) is 0.833. The second-order valence-electron chi connectivity index (χ2n) is 4.12. The lowest BCUT2D eigenvalue weighted by Crippen LogP contribution is -2.26. The Labute approximate surface area is 101 Å². The van der Waals surface area contributed by atoms with Crippen molar-refractivity contribution in [2.24, 2.45) is 0 Å². The van der Waals surface area contributed by atoms with Crippen LogP contribution in [0.1, 0.15) is 34.6 Å². The zero-order chi connectivity index (χ0) is 12.3. The number of amides is 1. The number of hydrogen-bond acceptors (Lipinski definition) is 1. The average Bonchev–Trinajstić information content (AvgIpc) is 2.76. The fraction of sp³-hybridized carbons (Fsp3) is 0.214. The summed E-state index contributed by atoms with van der Waals surface area (Å²) in [4.78, 5) is 15.0. The van der Waals surface area contributed by atoms with Gasteiger partial charge in [-0.3, -0.25) is 4.79 Å². The zero-order valence-corrected chi connectivity index (χ0v) is 10.0. The van der Waals surface area contributed by atoms with Crippen LogP contribution in [0.2, 0.25) is 0 Å². The Morgan fingerprint density at radius 2 is 1.94 bits per heavy atom. The molecule has 1 amide bonds. The third-order valence-electron chi connectivity index (χ3n) is 2.85. The molecule has 1 heterocycles. The molecule has 0 aliphatic heterocycles. The number of rotatable bonds is 3. The van der Waals surface area contributed by atoms with E-state index >= 15 is 0 Å². The minimum atomic E-state index is -0.0416. The number of hydrogen-bond donors (Lipinski definition) is 2. The van der Waals surface area contributed by atoms with Crippen molar-refractivity contribution >= 4 is 5.91 Å². The number of aromatic amines is 1. The monoisotopic (exact) mass is 228 g/mol. The molecular weight excluding hydrogens is 212 g/mol. The number of carbonyl (C=O) groups excluding carboxylic acids is 1. The van der Waals surface area contributed by atoms with Gasteiger partial charge in [0.1, 0.15) is 0 Å². The summed E-state index contributed by atoms with van der Waals surface area (Å²) in [5.41, 5.74) is 2.70. The van der Waals surface area contributed by atoms with E-state index in [2.05, 4.69) is 10.3 Å². The van der Waals surface area contributed by atoms with Gasteiger partial charge in [-0.05, 0) is 25.5 Å². The van der Waals surface area contributed by atoms with Gasteiger partial charge in [-0.1, -0.05) is 30.3 Å². The van der Waals surface area contributed by atoms with Gasteiger partial charge in [0, 0.05) is 11.9 Å². The molecule has 0 aliphatic rings. The molecule has 1 atom stereocenters. The van der Waals surface area contributed by atoms with Gasteiger partial charge in [0.25, 0.3) is 5.91 Å². The van der Waals surface area contributed by atoms with Crippen molar-refractivity contribution in [2.45, 2.75) is 19.9 Å². The summed E-state index contributed by atoms with van der Waals surface area (Å²) in [5.74, 6) is -0.0416. The SMILES string of the molecule is Cc1[nH]ccc1C(=O)NC(C)c1ccccc1. The van der Waals surface area contributed by atoms with Crippen LogP contribution in [0, 0.1) is 6.92 Å². The highest BCUT2D eigenvalue weighted by atomic mass is 16.1. The molecule has 0 aliphatic carbocycles.